The minimum atomic E-state index is -0.969. The molecule has 1 aromatic carbocycles. The van der Waals surface area contributed by atoms with E-state index in [1.165, 1.54) is 6.07 Å². The molecule has 0 saturated carbocycles. The van der Waals surface area contributed by atoms with Gasteiger partial charge in [-0.3, -0.25) is 10.1 Å². The fourth-order valence-corrected chi connectivity index (χ4v) is 2.22. The van der Waals surface area contributed by atoms with Crippen molar-refractivity contribution in [1.82, 2.24) is 0 Å². The zero-order valence-corrected chi connectivity index (χ0v) is 13.3. The Bertz CT molecular complexity index is 500. The minimum absolute atomic E-state index is 0.0325. The van der Waals surface area contributed by atoms with Gasteiger partial charge in [-0.25, -0.2) is 0 Å². The van der Waals surface area contributed by atoms with E-state index >= 15 is 0 Å². The van der Waals surface area contributed by atoms with Crippen molar-refractivity contribution in [2.75, 3.05) is 18.5 Å². The van der Waals surface area contributed by atoms with Gasteiger partial charge in [-0.15, -0.1) is 0 Å². The van der Waals surface area contributed by atoms with Crippen LogP contribution in [0.3, 0.4) is 0 Å². The second-order valence-corrected chi connectivity index (χ2v) is 6.43. The Labute approximate surface area is 126 Å². The molecule has 0 amide bonds. The largest absolute Gasteiger partial charge is 0.394 e. The number of benzene rings is 1. The third-order valence-electron chi connectivity index (χ3n) is 2.86. The van der Waals surface area contributed by atoms with E-state index in [1.54, 1.807) is 0 Å². The van der Waals surface area contributed by atoms with E-state index in [-0.39, 0.29) is 17.6 Å². The third-order valence-corrected chi connectivity index (χ3v) is 3.48. The number of nitrogens with zero attached hydrogens (tertiary/aromatic N) is 1. The van der Waals surface area contributed by atoms with Crippen molar-refractivity contribution in [3.63, 3.8) is 0 Å². The van der Waals surface area contributed by atoms with Crippen LogP contribution >= 0.6 is 15.9 Å². The highest BCUT2D eigenvalue weighted by Crippen LogP contribution is 2.37. The quantitative estimate of drug-likeness (QED) is 0.562. The molecular weight excluding hydrogens is 328 g/mol. The monoisotopic (exact) mass is 346 g/mol. The number of anilines is 1. The summed E-state index contributed by atoms with van der Waals surface area (Å²) in [7, 11) is 0. The van der Waals surface area contributed by atoms with E-state index in [4.69, 9.17) is 5.11 Å². The van der Waals surface area contributed by atoms with Crippen molar-refractivity contribution in [1.29, 1.82) is 0 Å². The zero-order valence-electron chi connectivity index (χ0n) is 11.7. The summed E-state index contributed by atoms with van der Waals surface area (Å²) in [5, 5.41) is 32.1. The summed E-state index contributed by atoms with van der Waals surface area (Å²) in [6.45, 7) is 5.55. The molecule has 0 aromatic heterocycles. The van der Waals surface area contributed by atoms with Crippen LogP contribution in [0.5, 0.6) is 0 Å². The summed E-state index contributed by atoms with van der Waals surface area (Å²) in [6, 6.07) is 3.35. The highest BCUT2D eigenvalue weighted by Gasteiger charge is 2.24. The molecule has 0 fully saturated rings. The van der Waals surface area contributed by atoms with Gasteiger partial charge in [0.15, 0.2) is 0 Å². The van der Waals surface area contributed by atoms with E-state index in [9.17, 15) is 15.2 Å². The van der Waals surface area contributed by atoms with Gasteiger partial charge in [0.2, 0.25) is 0 Å². The molecule has 0 radical (unpaired) electrons. The molecule has 0 aliphatic carbocycles. The van der Waals surface area contributed by atoms with Crippen molar-refractivity contribution in [2.45, 2.75) is 32.3 Å². The summed E-state index contributed by atoms with van der Waals surface area (Å²) in [6.07, 6.45) is -0.969. The van der Waals surface area contributed by atoms with E-state index < -0.39 is 17.6 Å². The summed E-state index contributed by atoms with van der Waals surface area (Å²) in [5.74, 6) is 0. The Morgan fingerprint density at radius 3 is 2.50 bits per heavy atom. The molecule has 1 aromatic rings. The molecule has 6 nitrogen and oxygen atoms in total. The smallest absolute Gasteiger partial charge is 0.293 e. The van der Waals surface area contributed by atoms with Crippen LogP contribution in [0.2, 0.25) is 0 Å². The van der Waals surface area contributed by atoms with Gasteiger partial charge >= 0.3 is 0 Å². The molecule has 0 aliphatic rings. The first kappa shape index (κ1) is 16.9. The molecule has 1 unspecified atom stereocenters. The van der Waals surface area contributed by atoms with Gasteiger partial charge in [-0.2, -0.15) is 0 Å². The topological polar surface area (TPSA) is 95.6 Å². The van der Waals surface area contributed by atoms with E-state index in [0.717, 1.165) is 5.56 Å². The molecule has 0 saturated heterocycles. The van der Waals surface area contributed by atoms with Crippen LogP contribution in [0.15, 0.2) is 16.6 Å². The van der Waals surface area contributed by atoms with Gasteiger partial charge in [0.05, 0.1) is 17.6 Å². The molecule has 1 atom stereocenters. The minimum Gasteiger partial charge on any atom is -0.394 e. The van der Waals surface area contributed by atoms with Crippen molar-refractivity contribution in [2.24, 2.45) is 0 Å². The van der Waals surface area contributed by atoms with Gasteiger partial charge in [0, 0.05) is 17.1 Å². The number of hydrogen-bond donors (Lipinski definition) is 3. The molecular formula is C13H19BrN2O4. The number of nitro groups is 1. The molecule has 112 valence electrons. The summed E-state index contributed by atoms with van der Waals surface area (Å²) in [5.41, 5.74) is 0.866. The number of hydrogen-bond acceptors (Lipinski definition) is 5. The summed E-state index contributed by atoms with van der Waals surface area (Å²) in [4.78, 5) is 10.7. The number of nitrogens with one attached hydrogen (secondary N) is 1. The SMILES string of the molecule is CC(C)(C)c1cc(Br)c(NCC(O)CO)c([N+](=O)[O-])c1. The van der Waals surface area contributed by atoms with E-state index in [1.807, 2.05) is 26.8 Å². The Balaban J connectivity index is 3.20. The van der Waals surface area contributed by atoms with Crippen LogP contribution in [-0.2, 0) is 5.41 Å². The fourth-order valence-electron chi connectivity index (χ4n) is 1.63. The zero-order chi connectivity index (χ0) is 15.5. The summed E-state index contributed by atoms with van der Waals surface area (Å²) < 4.78 is 0.557. The Hall–Kier alpha value is -1.18. The Kier molecular flexibility index (Phi) is 5.50. The average molecular weight is 347 g/mol. The molecule has 0 aliphatic heterocycles. The first-order chi connectivity index (χ1) is 9.16. The number of halogens is 1. The first-order valence-corrected chi connectivity index (χ1v) is 6.97. The lowest BCUT2D eigenvalue weighted by atomic mass is 9.86. The van der Waals surface area contributed by atoms with Crippen LogP contribution in [0.25, 0.3) is 0 Å². The number of aliphatic hydroxyl groups is 2. The standard InChI is InChI=1S/C13H19BrN2O4/c1-13(2,3)8-4-10(14)12(11(5-8)16(19)20)15-6-9(18)7-17/h4-5,9,15,17-18H,6-7H2,1-3H3. The second-order valence-electron chi connectivity index (χ2n) is 5.58. The van der Waals surface area contributed by atoms with Crippen molar-refractivity contribution >= 4 is 27.3 Å². The Morgan fingerprint density at radius 2 is 2.05 bits per heavy atom. The van der Waals surface area contributed by atoms with Crippen LogP contribution in [0.1, 0.15) is 26.3 Å². The highest BCUT2D eigenvalue weighted by molar-refractivity contribution is 9.10. The van der Waals surface area contributed by atoms with E-state index in [0.29, 0.717) is 10.2 Å². The number of aliphatic hydroxyl groups excluding tert-OH is 2. The van der Waals surface area contributed by atoms with Gasteiger partial charge in [-0.05, 0) is 33.0 Å². The normalized spacial score (nSPS) is 13.1. The van der Waals surface area contributed by atoms with Crippen LogP contribution in [0, 0.1) is 10.1 Å². The second kappa shape index (κ2) is 6.51. The predicted octanol–water partition coefficient (Wildman–Crippen LogP) is 2.42. The van der Waals surface area contributed by atoms with Crippen molar-refractivity contribution in [3.8, 4) is 0 Å². The molecule has 7 heteroatoms. The number of rotatable bonds is 5. The average Bonchev–Trinajstić information content (AvgIpc) is 2.34. The maximum atomic E-state index is 11.2. The third kappa shape index (κ3) is 4.16. The van der Waals surface area contributed by atoms with Gasteiger partial charge in [0.1, 0.15) is 5.69 Å². The molecule has 3 N–H and O–H groups in total. The van der Waals surface area contributed by atoms with Crippen molar-refractivity contribution < 1.29 is 15.1 Å². The molecule has 0 bridgehead atoms. The molecule has 0 heterocycles. The van der Waals surface area contributed by atoms with Crippen molar-refractivity contribution in [3.05, 3.63) is 32.3 Å². The lowest BCUT2D eigenvalue weighted by molar-refractivity contribution is -0.384. The maximum absolute atomic E-state index is 11.2. The van der Waals surface area contributed by atoms with Crippen LogP contribution < -0.4 is 5.32 Å². The van der Waals surface area contributed by atoms with Gasteiger partial charge in [-0.1, -0.05) is 20.8 Å². The lowest BCUT2D eigenvalue weighted by Crippen LogP contribution is -2.23. The van der Waals surface area contributed by atoms with Gasteiger partial charge < -0.3 is 15.5 Å². The molecule has 1 rings (SSSR count). The predicted molar refractivity (Wildman–Crippen MR) is 81.1 cm³/mol. The fraction of sp³-hybridized carbons (Fsp3) is 0.538. The Morgan fingerprint density at radius 1 is 1.45 bits per heavy atom. The van der Waals surface area contributed by atoms with Crippen LogP contribution in [-0.4, -0.2) is 34.4 Å². The molecule has 20 heavy (non-hydrogen) atoms. The first-order valence-electron chi connectivity index (χ1n) is 6.18. The van der Waals surface area contributed by atoms with E-state index in [2.05, 4.69) is 21.2 Å². The van der Waals surface area contributed by atoms with Crippen LogP contribution in [0.4, 0.5) is 11.4 Å². The maximum Gasteiger partial charge on any atom is 0.293 e. The number of nitro benzene ring substituents is 1. The summed E-state index contributed by atoms with van der Waals surface area (Å²) >= 11 is 3.32. The lowest BCUT2D eigenvalue weighted by Gasteiger charge is -2.21. The van der Waals surface area contributed by atoms with Gasteiger partial charge in [0.25, 0.3) is 5.69 Å². The highest BCUT2D eigenvalue weighted by atomic mass is 79.9. The molecule has 0 spiro atoms.